The largest absolute Gasteiger partial charge is 0.497 e. The standard InChI is InChI=1S/C19H18ClFN2O3/c1-11(24)23-18(12-4-7-15(20)16(21)8-12)10-17(22-23)14-6-5-13(25-2)9-19(14)26-3/h4-9,18H,10H2,1-3H3/t18-/m1/s1. The Morgan fingerprint density at radius 3 is 2.62 bits per heavy atom. The molecule has 1 aliphatic rings. The molecule has 0 aliphatic carbocycles. The van der Waals surface area contributed by atoms with Gasteiger partial charge in [0.2, 0.25) is 5.91 Å². The van der Waals surface area contributed by atoms with Crippen LogP contribution in [0.4, 0.5) is 4.39 Å². The molecule has 5 nitrogen and oxygen atoms in total. The van der Waals surface area contributed by atoms with Crippen molar-refractivity contribution in [2.24, 2.45) is 5.10 Å². The summed E-state index contributed by atoms with van der Waals surface area (Å²) in [6, 6.07) is 9.51. The highest BCUT2D eigenvalue weighted by Gasteiger charge is 2.32. The zero-order chi connectivity index (χ0) is 18.8. The molecule has 1 amide bonds. The van der Waals surface area contributed by atoms with Crippen molar-refractivity contribution < 1.29 is 18.7 Å². The van der Waals surface area contributed by atoms with Gasteiger partial charge >= 0.3 is 0 Å². The number of nitrogens with zero attached hydrogens (tertiary/aromatic N) is 2. The molecule has 136 valence electrons. The van der Waals surface area contributed by atoms with Gasteiger partial charge in [-0.2, -0.15) is 5.10 Å². The average molecular weight is 377 g/mol. The van der Waals surface area contributed by atoms with Gasteiger partial charge in [0.05, 0.1) is 31.0 Å². The Morgan fingerprint density at radius 2 is 2.00 bits per heavy atom. The molecular formula is C19H18ClFN2O3. The van der Waals surface area contributed by atoms with E-state index in [1.165, 1.54) is 24.1 Å². The molecule has 0 radical (unpaired) electrons. The lowest BCUT2D eigenvalue weighted by Gasteiger charge is -2.20. The smallest absolute Gasteiger partial charge is 0.240 e. The van der Waals surface area contributed by atoms with Gasteiger partial charge in [0, 0.05) is 25.0 Å². The number of amides is 1. The maximum atomic E-state index is 13.9. The van der Waals surface area contributed by atoms with Gasteiger partial charge in [-0.05, 0) is 29.8 Å². The number of benzene rings is 2. The summed E-state index contributed by atoms with van der Waals surface area (Å²) in [4.78, 5) is 12.1. The van der Waals surface area contributed by atoms with Crippen LogP contribution in [0, 0.1) is 5.82 Å². The second kappa shape index (κ2) is 7.33. The van der Waals surface area contributed by atoms with Crippen LogP contribution in [-0.4, -0.2) is 30.8 Å². The van der Waals surface area contributed by atoms with Crippen molar-refractivity contribution in [2.45, 2.75) is 19.4 Å². The first kappa shape index (κ1) is 18.2. The van der Waals surface area contributed by atoms with Gasteiger partial charge in [0.15, 0.2) is 0 Å². The van der Waals surface area contributed by atoms with Crippen LogP contribution in [0.5, 0.6) is 11.5 Å². The fraction of sp³-hybridized carbons (Fsp3) is 0.263. The third kappa shape index (κ3) is 3.37. The second-order valence-corrected chi connectivity index (χ2v) is 6.28. The lowest BCUT2D eigenvalue weighted by molar-refractivity contribution is -0.130. The first-order chi connectivity index (χ1) is 12.4. The molecule has 0 aromatic heterocycles. The van der Waals surface area contributed by atoms with E-state index in [2.05, 4.69) is 5.10 Å². The fourth-order valence-electron chi connectivity index (χ4n) is 2.98. The average Bonchev–Trinajstić information content (AvgIpc) is 3.08. The van der Waals surface area contributed by atoms with Gasteiger partial charge in [0.1, 0.15) is 17.3 Å². The highest BCUT2D eigenvalue weighted by molar-refractivity contribution is 6.30. The van der Waals surface area contributed by atoms with Gasteiger partial charge < -0.3 is 9.47 Å². The van der Waals surface area contributed by atoms with Gasteiger partial charge in [-0.25, -0.2) is 9.40 Å². The number of carbonyl (C=O) groups excluding carboxylic acids is 1. The Kier molecular flexibility index (Phi) is 5.13. The molecule has 1 heterocycles. The Balaban J connectivity index is 1.99. The van der Waals surface area contributed by atoms with E-state index < -0.39 is 11.9 Å². The molecule has 0 bridgehead atoms. The molecule has 0 saturated carbocycles. The summed E-state index contributed by atoms with van der Waals surface area (Å²) in [5.41, 5.74) is 2.07. The number of halogens is 2. The fourth-order valence-corrected chi connectivity index (χ4v) is 3.10. The van der Waals surface area contributed by atoms with Crippen molar-refractivity contribution in [2.75, 3.05) is 14.2 Å². The minimum Gasteiger partial charge on any atom is -0.497 e. The molecule has 0 unspecified atom stereocenters. The van der Waals surface area contributed by atoms with Crippen LogP contribution in [0.15, 0.2) is 41.5 Å². The molecule has 2 aromatic rings. The molecule has 2 aromatic carbocycles. The second-order valence-electron chi connectivity index (χ2n) is 5.87. The molecular weight excluding hydrogens is 359 g/mol. The van der Waals surface area contributed by atoms with E-state index in [4.69, 9.17) is 21.1 Å². The van der Waals surface area contributed by atoms with Crippen molar-refractivity contribution in [3.8, 4) is 11.5 Å². The van der Waals surface area contributed by atoms with E-state index >= 15 is 0 Å². The summed E-state index contributed by atoms with van der Waals surface area (Å²) >= 11 is 5.77. The van der Waals surface area contributed by atoms with Crippen LogP contribution in [0.1, 0.15) is 30.5 Å². The summed E-state index contributed by atoms with van der Waals surface area (Å²) in [7, 11) is 3.13. The van der Waals surface area contributed by atoms with Crippen molar-refractivity contribution in [3.05, 3.63) is 58.4 Å². The van der Waals surface area contributed by atoms with Crippen molar-refractivity contribution in [1.82, 2.24) is 5.01 Å². The number of hydrogen-bond donors (Lipinski definition) is 0. The Bertz CT molecular complexity index is 885. The first-order valence-electron chi connectivity index (χ1n) is 7.99. The lowest BCUT2D eigenvalue weighted by Crippen LogP contribution is -2.24. The molecule has 0 N–H and O–H groups in total. The van der Waals surface area contributed by atoms with Crippen LogP contribution < -0.4 is 9.47 Å². The third-order valence-electron chi connectivity index (χ3n) is 4.28. The predicted octanol–water partition coefficient (Wildman–Crippen LogP) is 4.19. The molecule has 26 heavy (non-hydrogen) atoms. The van der Waals surface area contributed by atoms with E-state index in [1.807, 2.05) is 6.07 Å². The van der Waals surface area contributed by atoms with E-state index in [9.17, 15) is 9.18 Å². The van der Waals surface area contributed by atoms with Crippen molar-refractivity contribution >= 4 is 23.2 Å². The number of methoxy groups -OCH3 is 2. The van der Waals surface area contributed by atoms with Crippen LogP contribution in [0.25, 0.3) is 0 Å². The zero-order valence-corrected chi connectivity index (χ0v) is 15.4. The van der Waals surface area contributed by atoms with E-state index in [-0.39, 0.29) is 10.9 Å². The highest BCUT2D eigenvalue weighted by atomic mass is 35.5. The molecule has 3 rings (SSSR count). The molecule has 1 aliphatic heterocycles. The molecule has 7 heteroatoms. The van der Waals surface area contributed by atoms with Gasteiger partial charge in [-0.15, -0.1) is 0 Å². The van der Waals surface area contributed by atoms with Crippen LogP contribution in [-0.2, 0) is 4.79 Å². The number of ether oxygens (including phenoxy) is 2. The summed E-state index contributed by atoms with van der Waals surface area (Å²) in [5, 5.41) is 5.86. The van der Waals surface area contributed by atoms with Crippen LogP contribution >= 0.6 is 11.6 Å². The normalized spacial score (nSPS) is 16.4. The molecule has 1 atom stereocenters. The number of hydrogen-bond acceptors (Lipinski definition) is 4. The number of rotatable bonds is 4. The topological polar surface area (TPSA) is 51.1 Å². The minimum atomic E-state index is -0.525. The van der Waals surface area contributed by atoms with E-state index in [0.717, 1.165) is 5.56 Å². The van der Waals surface area contributed by atoms with Gasteiger partial charge in [0.25, 0.3) is 0 Å². The first-order valence-corrected chi connectivity index (χ1v) is 8.37. The predicted molar refractivity (Wildman–Crippen MR) is 97.4 cm³/mol. The summed E-state index contributed by atoms with van der Waals surface area (Å²) < 4.78 is 24.5. The Labute approximate surface area is 156 Å². The molecule has 0 saturated heterocycles. The Hall–Kier alpha value is -2.60. The minimum absolute atomic E-state index is 0.0408. The van der Waals surface area contributed by atoms with Crippen LogP contribution in [0.3, 0.4) is 0 Å². The Morgan fingerprint density at radius 1 is 1.23 bits per heavy atom. The highest BCUT2D eigenvalue weighted by Crippen LogP contribution is 2.36. The monoisotopic (exact) mass is 376 g/mol. The zero-order valence-electron chi connectivity index (χ0n) is 14.6. The maximum Gasteiger partial charge on any atom is 0.240 e. The van der Waals surface area contributed by atoms with Crippen molar-refractivity contribution in [1.29, 1.82) is 0 Å². The maximum absolute atomic E-state index is 13.9. The quantitative estimate of drug-likeness (QED) is 0.803. The molecule has 0 spiro atoms. The van der Waals surface area contributed by atoms with Crippen molar-refractivity contribution in [3.63, 3.8) is 0 Å². The summed E-state index contributed by atoms with van der Waals surface area (Å²) in [5.74, 6) is 0.495. The van der Waals surface area contributed by atoms with E-state index in [0.29, 0.717) is 29.2 Å². The number of hydrazone groups is 1. The third-order valence-corrected chi connectivity index (χ3v) is 4.59. The lowest BCUT2D eigenvalue weighted by atomic mass is 9.97. The summed E-state index contributed by atoms with van der Waals surface area (Å²) in [6.45, 7) is 1.43. The van der Waals surface area contributed by atoms with Gasteiger partial charge in [-0.1, -0.05) is 17.7 Å². The van der Waals surface area contributed by atoms with Gasteiger partial charge in [-0.3, -0.25) is 4.79 Å². The van der Waals surface area contributed by atoms with E-state index in [1.54, 1.807) is 32.4 Å². The SMILES string of the molecule is COc1ccc(C2=NN(C(C)=O)[C@@H](c3ccc(Cl)c(F)c3)C2)c(OC)c1. The number of carbonyl (C=O) groups is 1. The molecule has 0 fully saturated rings. The summed E-state index contributed by atoms with van der Waals surface area (Å²) in [6.07, 6.45) is 0.434. The van der Waals surface area contributed by atoms with Crippen LogP contribution in [0.2, 0.25) is 5.02 Å².